The van der Waals surface area contributed by atoms with Crippen molar-refractivity contribution in [2.45, 2.75) is 34.2 Å². The van der Waals surface area contributed by atoms with Gasteiger partial charge in [-0.15, -0.1) is 5.11 Å². The number of nitrogens with two attached hydrogens (primary N) is 2. The molecule has 0 aliphatic heterocycles. The summed E-state index contributed by atoms with van der Waals surface area (Å²) >= 11 is 0. The molecule has 2 aromatic rings. The van der Waals surface area contributed by atoms with Gasteiger partial charge in [-0.25, -0.2) is 0 Å². The predicted octanol–water partition coefficient (Wildman–Crippen LogP) is 2.60. The maximum Gasteiger partial charge on any atom is 0.281 e. The number of nitrogens with zero attached hydrogens (tertiary/aromatic N) is 3. The number of hydrogen-bond acceptors (Lipinski definition) is 6. The van der Waals surface area contributed by atoms with Gasteiger partial charge in [0.25, 0.3) is 11.5 Å². The zero-order valence-corrected chi connectivity index (χ0v) is 14.6. The lowest BCUT2D eigenvalue weighted by Crippen LogP contribution is -2.25. The van der Waals surface area contributed by atoms with Crippen LogP contribution in [-0.4, -0.2) is 15.6 Å². The molecular formula is C17H21N5O3. The fourth-order valence-electron chi connectivity index (χ4n) is 2.58. The summed E-state index contributed by atoms with van der Waals surface area (Å²) in [6, 6.07) is 3.53. The number of azo groups is 1. The minimum Gasteiger partial charge on any atom is -0.494 e. The normalized spacial score (nSPS) is 11.2. The van der Waals surface area contributed by atoms with Crippen molar-refractivity contribution >= 4 is 23.0 Å². The van der Waals surface area contributed by atoms with Crippen LogP contribution >= 0.6 is 0 Å². The van der Waals surface area contributed by atoms with E-state index in [2.05, 4.69) is 10.2 Å². The second kappa shape index (κ2) is 6.76. The van der Waals surface area contributed by atoms with Crippen molar-refractivity contribution in [3.05, 3.63) is 44.7 Å². The van der Waals surface area contributed by atoms with Crippen molar-refractivity contribution < 1.29 is 9.90 Å². The van der Waals surface area contributed by atoms with Crippen LogP contribution in [0.3, 0.4) is 0 Å². The van der Waals surface area contributed by atoms with Crippen molar-refractivity contribution in [2.24, 2.45) is 16.0 Å². The van der Waals surface area contributed by atoms with Gasteiger partial charge in [-0.1, -0.05) is 6.07 Å². The Morgan fingerprint density at radius 3 is 2.40 bits per heavy atom. The summed E-state index contributed by atoms with van der Waals surface area (Å²) < 4.78 is 1.03. The van der Waals surface area contributed by atoms with E-state index in [1.165, 1.54) is 6.92 Å². The van der Waals surface area contributed by atoms with Crippen molar-refractivity contribution in [1.29, 1.82) is 0 Å². The summed E-state index contributed by atoms with van der Waals surface area (Å²) in [6.07, 6.45) is 0. The Hall–Kier alpha value is -3.16. The summed E-state index contributed by atoms with van der Waals surface area (Å²) in [5.41, 5.74) is 13.5. The molecule has 0 saturated heterocycles. The average molecular weight is 343 g/mol. The molecule has 1 heterocycles. The highest BCUT2D eigenvalue weighted by atomic mass is 16.3. The van der Waals surface area contributed by atoms with Crippen LogP contribution in [0.2, 0.25) is 0 Å². The number of rotatable bonds is 4. The van der Waals surface area contributed by atoms with Crippen LogP contribution in [0.15, 0.2) is 27.2 Å². The van der Waals surface area contributed by atoms with Gasteiger partial charge in [0.15, 0.2) is 5.69 Å². The lowest BCUT2D eigenvalue weighted by atomic mass is 10.1. The number of carbonyl (C=O) groups excluding carboxylic acids is 1. The fraction of sp³-hybridized carbons (Fsp3) is 0.294. The van der Waals surface area contributed by atoms with Crippen molar-refractivity contribution in [2.75, 3.05) is 5.73 Å². The van der Waals surface area contributed by atoms with E-state index in [0.717, 1.165) is 15.7 Å². The number of benzene rings is 1. The molecule has 1 aromatic heterocycles. The molecule has 132 valence electrons. The molecule has 0 unspecified atom stereocenters. The van der Waals surface area contributed by atoms with E-state index in [-0.39, 0.29) is 23.4 Å². The Morgan fingerprint density at radius 2 is 1.84 bits per heavy atom. The molecule has 2 rings (SSSR count). The number of carbonyl (C=O) groups is 1. The molecule has 0 aliphatic carbocycles. The molecule has 25 heavy (non-hydrogen) atoms. The van der Waals surface area contributed by atoms with Crippen LogP contribution in [0, 0.1) is 20.8 Å². The highest BCUT2D eigenvalue weighted by molar-refractivity contribution is 5.97. The first-order valence-corrected chi connectivity index (χ1v) is 7.73. The minimum absolute atomic E-state index is 0.0491. The van der Waals surface area contributed by atoms with E-state index >= 15 is 0 Å². The summed E-state index contributed by atoms with van der Waals surface area (Å²) in [4.78, 5) is 24.2. The van der Waals surface area contributed by atoms with E-state index in [1.807, 2.05) is 19.9 Å². The molecule has 0 bridgehead atoms. The lowest BCUT2D eigenvalue weighted by molar-refractivity contribution is 0.0995. The Morgan fingerprint density at radius 1 is 1.20 bits per heavy atom. The first kappa shape index (κ1) is 18.2. The summed E-state index contributed by atoms with van der Waals surface area (Å²) in [5.74, 6) is -1.31. The largest absolute Gasteiger partial charge is 0.494 e. The van der Waals surface area contributed by atoms with Crippen LogP contribution in [0.5, 0.6) is 5.88 Å². The van der Waals surface area contributed by atoms with E-state index in [9.17, 15) is 14.7 Å². The predicted molar refractivity (Wildman–Crippen MR) is 95.8 cm³/mol. The minimum atomic E-state index is -0.843. The van der Waals surface area contributed by atoms with Crippen LogP contribution in [0.4, 0.5) is 17.1 Å². The van der Waals surface area contributed by atoms with Gasteiger partial charge in [-0.3, -0.25) is 14.2 Å². The number of aromatic hydroxyl groups is 1. The van der Waals surface area contributed by atoms with Gasteiger partial charge in [-0.2, -0.15) is 5.11 Å². The van der Waals surface area contributed by atoms with E-state index in [0.29, 0.717) is 11.4 Å². The average Bonchev–Trinajstić information content (AvgIpc) is 2.51. The first-order valence-electron chi connectivity index (χ1n) is 7.73. The Labute approximate surface area is 144 Å². The van der Waals surface area contributed by atoms with Crippen LogP contribution in [0.1, 0.15) is 34.0 Å². The standard InChI is InChI=1S/C17H21N5O3/c1-5-22-16(24)13(15(19)23)10(4)14(17(22)25)21-20-12-7-11(18)8(2)6-9(12)3/h6-7,24H,5,18H2,1-4H3,(H2,19,23). The third kappa shape index (κ3) is 3.23. The maximum absolute atomic E-state index is 12.5. The van der Waals surface area contributed by atoms with Crippen molar-refractivity contribution in [3.8, 4) is 5.88 Å². The molecule has 0 saturated carbocycles. The van der Waals surface area contributed by atoms with Crippen LogP contribution in [-0.2, 0) is 6.54 Å². The van der Waals surface area contributed by atoms with Crippen LogP contribution < -0.4 is 17.0 Å². The number of aryl methyl sites for hydroxylation is 2. The molecule has 8 heteroatoms. The maximum atomic E-state index is 12.5. The quantitative estimate of drug-likeness (QED) is 0.580. The Kier molecular flexibility index (Phi) is 4.92. The zero-order chi connectivity index (χ0) is 18.9. The highest BCUT2D eigenvalue weighted by Gasteiger charge is 2.21. The number of amides is 1. The smallest absolute Gasteiger partial charge is 0.281 e. The van der Waals surface area contributed by atoms with Gasteiger partial charge in [0.1, 0.15) is 5.56 Å². The Bertz CT molecular complexity index is 945. The number of primary amides is 1. The fourth-order valence-corrected chi connectivity index (χ4v) is 2.58. The molecule has 0 fully saturated rings. The van der Waals surface area contributed by atoms with Gasteiger partial charge in [-0.05, 0) is 44.9 Å². The van der Waals surface area contributed by atoms with Gasteiger partial charge in [0.2, 0.25) is 5.88 Å². The Balaban J connectivity index is 2.68. The SMILES string of the molecule is CCn1c(O)c(C(N)=O)c(C)c(N=Nc2cc(N)c(C)cc2C)c1=O. The van der Waals surface area contributed by atoms with E-state index in [1.54, 1.807) is 13.0 Å². The molecule has 8 nitrogen and oxygen atoms in total. The van der Waals surface area contributed by atoms with Gasteiger partial charge < -0.3 is 16.6 Å². The summed E-state index contributed by atoms with van der Waals surface area (Å²) in [6.45, 7) is 7.04. The number of nitrogen functional groups attached to an aromatic ring is 1. The number of anilines is 1. The molecule has 1 aromatic carbocycles. The number of aromatic nitrogens is 1. The second-order valence-electron chi connectivity index (χ2n) is 5.78. The second-order valence-corrected chi connectivity index (χ2v) is 5.78. The molecule has 0 radical (unpaired) electrons. The monoisotopic (exact) mass is 343 g/mol. The third-order valence-corrected chi connectivity index (χ3v) is 4.06. The molecule has 0 spiro atoms. The number of hydrogen-bond donors (Lipinski definition) is 3. The molecular weight excluding hydrogens is 322 g/mol. The van der Waals surface area contributed by atoms with E-state index < -0.39 is 17.3 Å². The molecule has 0 atom stereocenters. The van der Waals surface area contributed by atoms with Gasteiger partial charge in [0, 0.05) is 17.8 Å². The third-order valence-electron chi connectivity index (χ3n) is 4.06. The zero-order valence-electron chi connectivity index (χ0n) is 14.6. The lowest BCUT2D eigenvalue weighted by Gasteiger charge is -2.13. The highest BCUT2D eigenvalue weighted by Crippen LogP contribution is 2.29. The number of pyridine rings is 1. The molecule has 5 N–H and O–H groups in total. The van der Waals surface area contributed by atoms with Gasteiger partial charge in [0.05, 0.1) is 5.69 Å². The van der Waals surface area contributed by atoms with Crippen LogP contribution in [0.25, 0.3) is 0 Å². The van der Waals surface area contributed by atoms with Crippen molar-refractivity contribution in [3.63, 3.8) is 0 Å². The summed E-state index contributed by atoms with van der Waals surface area (Å²) in [5, 5.41) is 18.2. The molecule has 1 amide bonds. The summed E-state index contributed by atoms with van der Waals surface area (Å²) in [7, 11) is 0. The molecule has 0 aliphatic rings. The van der Waals surface area contributed by atoms with Crippen molar-refractivity contribution in [1.82, 2.24) is 4.57 Å². The van der Waals surface area contributed by atoms with E-state index in [4.69, 9.17) is 11.5 Å². The topological polar surface area (TPSA) is 136 Å². The first-order chi connectivity index (χ1) is 11.7. The van der Waals surface area contributed by atoms with Gasteiger partial charge >= 0.3 is 0 Å².